The molecule has 80 heavy (non-hydrogen) atoms. The Labute approximate surface area is 460 Å². The molecular formula is C68H46N12. The summed E-state index contributed by atoms with van der Waals surface area (Å²) >= 11 is 0. The molecule has 0 amide bonds. The first-order valence-electron chi connectivity index (χ1n) is 26.3. The predicted molar refractivity (Wildman–Crippen MR) is 319 cm³/mol. The van der Waals surface area contributed by atoms with Gasteiger partial charge in [0.1, 0.15) is 23.3 Å². The molecule has 378 valence electrons. The molecular weight excluding hydrogens is 985 g/mol. The lowest BCUT2D eigenvalue weighted by Crippen LogP contribution is -2.04. The van der Waals surface area contributed by atoms with E-state index in [9.17, 15) is 0 Å². The fourth-order valence-electron chi connectivity index (χ4n) is 11.1. The van der Waals surface area contributed by atoms with Crippen molar-refractivity contribution in [2.75, 3.05) is 0 Å². The number of aromatic nitrogens is 11. The average Bonchev–Trinajstić information content (AvgIpc) is 4.04. The third kappa shape index (κ3) is 8.37. The highest BCUT2D eigenvalue weighted by Gasteiger charge is 2.24. The Morgan fingerprint density at radius 2 is 0.688 bits per heavy atom. The van der Waals surface area contributed by atoms with Crippen LogP contribution in [0.5, 0.6) is 0 Å². The third-order valence-electron chi connectivity index (χ3n) is 14.6. The van der Waals surface area contributed by atoms with Gasteiger partial charge in [0.2, 0.25) is 0 Å². The number of hydrogen-bond donors (Lipinski definition) is 0. The average molecular weight is 1030 g/mol. The van der Waals surface area contributed by atoms with Gasteiger partial charge in [0.05, 0.1) is 40.0 Å². The second kappa shape index (κ2) is 19.3. The molecule has 14 aromatic rings. The maximum absolute atomic E-state index is 7.93. The summed E-state index contributed by atoms with van der Waals surface area (Å²) in [5, 5.41) is 4.26. The van der Waals surface area contributed by atoms with Gasteiger partial charge in [-0.15, -0.1) is 0 Å². The van der Waals surface area contributed by atoms with Gasteiger partial charge in [-0.1, -0.05) is 127 Å². The zero-order valence-corrected chi connectivity index (χ0v) is 44.0. The second-order valence-electron chi connectivity index (χ2n) is 19.8. The van der Waals surface area contributed by atoms with E-state index in [0.717, 1.165) is 105 Å². The van der Waals surface area contributed by atoms with Gasteiger partial charge >= 0.3 is 0 Å². The molecule has 0 aliphatic carbocycles. The van der Waals surface area contributed by atoms with Crippen LogP contribution in [-0.4, -0.2) is 54.0 Å². The lowest BCUT2D eigenvalue weighted by atomic mass is 9.95. The second-order valence-corrected chi connectivity index (χ2v) is 19.8. The van der Waals surface area contributed by atoms with Crippen LogP contribution < -0.4 is 0 Å². The molecule has 0 fully saturated rings. The minimum atomic E-state index is 0.504. The maximum atomic E-state index is 7.93. The lowest BCUT2D eigenvalue weighted by molar-refractivity contribution is 0.928. The Morgan fingerprint density at radius 3 is 1.21 bits per heavy atom. The summed E-state index contributed by atoms with van der Waals surface area (Å²) in [6.07, 6.45) is 0. The number of hydrogen-bond acceptors (Lipinski definition) is 9. The monoisotopic (exact) mass is 1030 g/mol. The Kier molecular flexibility index (Phi) is 11.5. The summed E-state index contributed by atoms with van der Waals surface area (Å²) in [6, 6.07) is 71.1. The van der Waals surface area contributed by atoms with Crippen molar-refractivity contribution in [1.82, 2.24) is 54.0 Å². The van der Waals surface area contributed by atoms with E-state index >= 15 is 0 Å². The van der Waals surface area contributed by atoms with E-state index in [1.165, 1.54) is 0 Å². The van der Waals surface area contributed by atoms with E-state index in [4.69, 9.17) is 41.5 Å². The number of nitrogens with zero attached hydrogens (tertiary/aromatic N) is 12. The summed E-state index contributed by atoms with van der Waals surface area (Å²) in [5.41, 5.74) is 14.5. The molecule has 0 bridgehead atoms. The number of benzene rings is 9. The molecule has 9 aromatic carbocycles. The van der Waals surface area contributed by atoms with Crippen molar-refractivity contribution in [2.45, 2.75) is 27.7 Å². The smallest absolute Gasteiger partial charge is 0.187 e. The van der Waals surface area contributed by atoms with E-state index in [1.807, 2.05) is 107 Å². The zero-order chi connectivity index (χ0) is 54.0. The summed E-state index contributed by atoms with van der Waals surface area (Å²) < 4.78 is 4.67. The number of fused-ring (bicyclic) bond motifs is 6. The third-order valence-corrected chi connectivity index (χ3v) is 14.6. The largest absolute Gasteiger partial charge is 0.309 e. The molecule has 12 nitrogen and oxygen atoms in total. The summed E-state index contributed by atoms with van der Waals surface area (Å²) in [7, 11) is 0. The summed E-state index contributed by atoms with van der Waals surface area (Å²) in [4.78, 5) is 47.7. The molecule has 0 atom stereocenters. The minimum absolute atomic E-state index is 0.504. The first-order valence-corrected chi connectivity index (χ1v) is 26.3. The highest BCUT2D eigenvalue weighted by molar-refractivity contribution is 6.12. The van der Waals surface area contributed by atoms with Crippen molar-refractivity contribution in [1.29, 1.82) is 0 Å². The van der Waals surface area contributed by atoms with Crippen molar-refractivity contribution in [3.05, 3.63) is 241 Å². The van der Waals surface area contributed by atoms with E-state index in [-0.39, 0.29) is 0 Å². The molecule has 0 aliphatic heterocycles. The quantitative estimate of drug-likeness (QED) is 0.130. The van der Waals surface area contributed by atoms with Crippen LogP contribution in [0.4, 0.5) is 5.69 Å². The Morgan fingerprint density at radius 1 is 0.287 bits per heavy atom. The van der Waals surface area contributed by atoms with Crippen molar-refractivity contribution in [3.8, 4) is 90.6 Å². The molecule has 14 rings (SSSR count). The van der Waals surface area contributed by atoms with Crippen LogP contribution in [0.3, 0.4) is 0 Å². The molecule has 0 saturated heterocycles. The van der Waals surface area contributed by atoms with Crippen molar-refractivity contribution in [2.24, 2.45) is 0 Å². The van der Waals surface area contributed by atoms with Gasteiger partial charge in [0, 0.05) is 54.9 Å². The molecule has 0 radical (unpaired) electrons. The first kappa shape index (κ1) is 47.5. The van der Waals surface area contributed by atoms with Crippen molar-refractivity contribution in [3.63, 3.8) is 0 Å². The number of aryl methyl sites for hydroxylation is 4. The minimum Gasteiger partial charge on any atom is -0.309 e. The van der Waals surface area contributed by atoms with E-state index < -0.39 is 0 Å². The van der Waals surface area contributed by atoms with Gasteiger partial charge in [0.25, 0.3) is 0 Å². The Hall–Kier alpha value is -10.9. The number of para-hydroxylation sites is 2. The first-order chi connectivity index (χ1) is 39.2. The van der Waals surface area contributed by atoms with Gasteiger partial charge in [-0.2, -0.15) is 0 Å². The predicted octanol–water partition coefficient (Wildman–Crippen LogP) is 15.9. The molecule has 0 saturated carbocycles. The molecule has 0 unspecified atom stereocenters. The van der Waals surface area contributed by atoms with E-state index in [2.05, 4.69) is 151 Å². The summed E-state index contributed by atoms with van der Waals surface area (Å²) in [5.74, 6) is 5.54. The van der Waals surface area contributed by atoms with Crippen molar-refractivity contribution < 1.29 is 0 Å². The Bertz CT molecular complexity index is 4740. The van der Waals surface area contributed by atoms with Crippen molar-refractivity contribution >= 4 is 49.3 Å². The van der Waals surface area contributed by atoms with Gasteiger partial charge in [0.15, 0.2) is 34.8 Å². The van der Waals surface area contributed by atoms with Crippen LogP contribution in [-0.2, 0) is 0 Å². The van der Waals surface area contributed by atoms with Crippen LogP contribution in [0.15, 0.2) is 206 Å². The van der Waals surface area contributed by atoms with E-state index in [0.29, 0.717) is 58.1 Å². The van der Waals surface area contributed by atoms with Crippen LogP contribution in [0.1, 0.15) is 23.3 Å². The van der Waals surface area contributed by atoms with Gasteiger partial charge < -0.3 is 9.13 Å². The molecule has 0 spiro atoms. The van der Waals surface area contributed by atoms with Crippen LogP contribution >= 0.6 is 0 Å². The van der Waals surface area contributed by atoms with Crippen LogP contribution in [0.2, 0.25) is 0 Å². The zero-order valence-electron chi connectivity index (χ0n) is 44.0. The standard InChI is InChI=1S/C68H46N12/c1-40-70-41(2)73-66(72-40)49-29-33-61-55(38-49)52-23-12-14-25-58(52)79(61)60-31-27-47(46-21-16-22-51(35-46)69-5)36-54(60)48-28-32-63(57(37-48)68-77-64(44-17-8-6-9-18-44)76-65(78-68)45-19-10-7-11-20-45)80-59-26-15-13-24-53(59)56-39-50(30-34-62(56)80)67-74-42(3)71-43(4)75-67/h6-39H,1-4H3. The topological polar surface area (TPSA) is 130 Å². The molecule has 5 heterocycles. The molecule has 0 N–H and O–H groups in total. The molecule has 0 aliphatic rings. The lowest BCUT2D eigenvalue weighted by Gasteiger charge is -2.19. The van der Waals surface area contributed by atoms with Gasteiger partial charge in [-0.3, -0.25) is 0 Å². The van der Waals surface area contributed by atoms with Crippen LogP contribution in [0, 0.1) is 34.3 Å². The maximum Gasteiger partial charge on any atom is 0.187 e. The van der Waals surface area contributed by atoms with E-state index in [1.54, 1.807) is 0 Å². The van der Waals surface area contributed by atoms with Crippen LogP contribution in [0.25, 0.3) is 139 Å². The normalized spacial score (nSPS) is 11.5. The SMILES string of the molecule is [C-]#[N+]c1cccc(-c2ccc(-n3c4ccccc4c4cc(-c5nc(C)nc(C)n5)ccc43)c(-c3ccc(-n4c5ccccc5c5cc(-c6nc(C)nc(C)n6)ccc54)c(-c4nc(-c5ccccc5)nc(-c5ccccc5)n4)c3)c2)c1. The fraction of sp³-hybridized carbons (Fsp3) is 0.0588. The van der Waals surface area contributed by atoms with Gasteiger partial charge in [-0.25, -0.2) is 49.7 Å². The highest BCUT2D eigenvalue weighted by atomic mass is 15.1. The molecule has 5 aromatic heterocycles. The Balaban J connectivity index is 1.06. The highest BCUT2D eigenvalue weighted by Crippen LogP contribution is 2.43. The fourth-order valence-corrected chi connectivity index (χ4v) is 11.1. The summed E-state index contributed by atoms with van der Waals surface area (Å²) in [6.45, 7) is 15.5. The number of rotatable bonds is 9. The molecule has 12 heteroatoms. The van der Waals surface area contributed by atoms with Gasteiger partial charge in [-0.05, 0) is 123 Å².